The number of carbonyl (C=O) groups excluding carboxylic acids is 1. The molecule has 5 nitrogen and oxygen atoms in total. The molecule has 0 bridgehead atoms. The average molecular weight is 304 g/mol. The summed E-state index contributed by atoms with van der Waals surface area (Å²) in [7, 11) is 0. The van der Waals surface area contributed by atoms with Crippen LogP contribution in [0.2, 0.25) is 0 Å². The van der Waals surface area contributed by atoms with Gasteiger partial charge in [0.15, 0.2) is 0 Å². The summed E-state index contributed by atoms with van der Waals surface area (Å²) >= 11 is 1.73. The Hall–Kier alpha value is -1.66. The number of nitrogens with one attached hydrogen (secondary N) is 3. The number of hydrogen-bond donors (Lipinski definition) is 3. The fraction of sp³-hybridized carbons (Fsp3) is 0.467. The van der Waals surface area contributed by atoms with Gasteiger partial charge in [0.25, 0.3) is 0 Å². The quantitative estimate of drug-likeness (QED) is 0.803. The number of fused-ring (bicyclic) bond motifs is 1. The minimum absolute atomic E-state index is 0.0456. The topological polar surface area (TPSA) is 69.8 Å². The van der Waals surface area contributed by atoms with Crippen LogP contribution >= 0.6 is 11.3 Å². The summed E-state index contributed by atoms with van der Waals surface area (Å²) < 4.78 is 0. The second-order valence-corrected chi connectivity index (χ2v) is 6.99. The van der Waals surface area contributed by atoms with Crippen LogP contribution in [0.5, 0.6) is 0 Å². The molecule has 0 spiro atoms. The molecule has 112 valence electrons. The molecule has 6 heteroatoms. The van der Waals surface area contributed by atoms with Crippen molar-refractivity contribution in [1.29, 1.82) is 0 Å². The van der Waals surface area contributed by atoms with Crippen molar-refractivity contribution in [2.75, 3.05) is 6.54 Å². The largest absolute Gasteiger partial charge is 0.354 e. The predicted molar refractivity (Wildman–Crippen MR) is 83.3 cm³/mol. The van der Waals surface area contributed by atoms with Gasteiger partial charge in [0.1, 0.15) is 0 Å². The molecular formula is C15H20N4OS. The molecule has 2 aromatic heterocycles. The minimum Gasteiger partial charge on any atom is -0.354 e. The summed E-state index contributed by atoms with van der Waals surface area (Å²) in [4.78, 5) is 21.0. The Labute approximate surface area is 128 Å². The van der Waals surface area contributed by atoms with Crippen LogP contribution in [-0.4, -0.2) is 28.5 Å². The molecule has 0 aromatic carbocycles. The summed E-state index contributed by atoms with van der Waals surface area (Å²) in [5.41, 5.74) is 2.03. The van der Waals surface area contributed by atoms with Gasteiger partial charge in [-0.05, 0) is 11.4 Å². The second kappa shape index (κ2) is 5.61. The van der Waals surface area contributed by atoms with E-state index in [9.17, 15) is 4.79 Å². The van der Waals surface area contributed by atoms with Gasteiger partial charge >= 0.3 is 0 Å². The van der Waals surface area contributed by atoms with Gasteiger partial charge in [-0.1, -0.05) is 19.9 Å². The van der Waals surface area contributed by atoms with E-state index in [0.717, 1.165) is 11.4 Å². The fourth-order valence-electron chi connectivity index (χ4n) is 2.54. The molecule has 21 heavy (non-hydrogen) atoms. The van der Waals surface area contributed by atoms with Crippen molar-refractivity contribution in [1.82, 2.24) is 20.6 Å². The Balaban J connectivity index is 1.58. The van der Waals surface area contributed by atoms with Crippen LogP contribution in [0.1, 0.15) is 30.1 Å². The lowest BCUT2D eigenvalue weighted by atomic mass is 9.91. The summed E-state index contributed by atoms with van der Waals surface area (Å²) in [6, 6.07) is 3.97. The Bertz CT molecular complexity index is 617. The standard InChI is InChI=1S/C15H20N4OS/c1-15(2,13-4-3-5-21-13)8-17-14(20)11-6-10-12(7-16-11)19-9-18-10/h3-5,9,11,16H,6-8H2,1-2H3,(H,17,20)(H,18,19). The third-order valence-corrected chi connectivity index (χ3v) is 5.18. The van der Waals surface area contributed by atoms with E-state index >= 15 is 0 Å². The summed E-state index contributed by atoms with van der Waals surface area (Å²) in [5, 5.41) is 8.39. The SMILES string of the molecule is CC(C)(CNC(=O)C1Cc2nc[nH]c2CN1)c1cccs1. The number of nitrogens with zero attached hydrogens (tertiary/aromatic N) is 1. The lowest BCUT2D eigenvalue weighted by Crippen LogP contribution is -2.50. The second-order valence-electron chi connectivity index (χ2n) is 6.04. The van der Waals surface area contributed by atoms with Crippen LogP contribution < -0.4 is 10.6 Å². The van der Waals surface area contributed by atoms with Gasteiger partial charge in [-0.25, -0.2) is 4.98 Å². The number of aromatic nitrogens is 2. The lowest BCUT2D eigenvalue weighted by Gasteiger charge is -2.27. The molecule has 1 unspecified atom stereocenters. The monoisotopic (exact) mass is 304 g/mol. The molecule has 1 aliphatic heterocycles. The highest BCUT2D eigenvalue weighted by molar-refractivity contribution is 7.10. The number of carbonyl (C=O) groups is 1. The first-order valence-corrected chi connectivity index (χ1v) is 8.00. The van der Waals surface area contributed by atoms with E-state index in [-0.39, 0.29) is 17.4 Å². The number of hydrogen-bond acceptors (Lipinski definition) is 4. The highest BCUT2D eigenvalue weighted by atomic mass is 32.1. The normalized spacial score (nSPS) is 18.3. The van der Waals surface area contributed by atoms with Crippen molar-refractivity contribution in [2.45, 2.75) is 38.3 Å². The minimum atomic E-state index is -0.195. The molecule has 0 saturated heterocycles. The maximum atomic E-state index is 12.3. The third-order valence-electron chi connectivity index (χ3n) is 3.94. The molecule has 0 radical (unpaired) electrons. The van der Waals surface area contributed by atoms with E-state index in [1.54, 1.807) is 17.7 Å². The lowest BCUT2D eigenvalue weighted by molar-refractivity contribution is -0.123. The number of imidazole rings is 1. The van der Waals surface area contributed by atoms with Crippen LogP contribution in [0.3, 0.4) is 0 Å². The Kier molecular flexibility index (Phi) is 3.82. The van der Waals surface area contributed by atoms with Gasteiger partial charge in [-0.2, -0.15) is 0 Å². The van der Waals surface area contributed by atoms with Gasteiger partial charge < -0.3 is 10.3 Å². The van der Waals surface area contributed by atoms with Gasteiger partial charge in [0.2, 0.25) is 5.91 Å². The summed E-state index contributed by atoms with van der Waals surface area (Å²) in [6.07, 6.45) is 2.33. The van der Waals surface area contributed by atoms with E-state index in [1.807, 2.05) is 6.07 Å². The zero-order chi connectivity index (χ0) is 14.9. The fourth-order valence-corrected chi connectivity index (χ4v) is 3.39. The van der Waals surface area contributed by atoms with Gasteiger partial charge in [-0.15, -0.1) is 11.3 Å². The first-order chi connectivity index (χ1) is 10.1. The van der Waals surface area contributed by atoms with Gasteiger partial charge in [0, 0.05) is 29.8 Å². The number of aromatic amines is 1. The van der Waals surface area contributed by atoms with E-state index in [2.05, 4.69) is 45.9 Å². The molecule has 0 aliphatic carbocycles. The molecule has 1 amide bonds. The van der Waals surface area contributed by atoms with E-state index in [0.29, 0.717) is 19.5 Å². The molecule has 0 fully saturated rings. The molecular weight excluding hydrogens is 284 g/mol. The Morgan fingerprint density at radius 1 is 1.57 bits per heavy atom. The smallest absolute Gasteiger partial charge is 0.237 e. The number of H-pyrrole nitrogens is 1. The highest BCUT2D eigenvalue weighted by Crippen LogP contribution is 2.26. The number of thiophene rings is 1. The highest BCUT2D eigenvalue weighted by Gasteiger charge is 2.28. The first kappa shape index (κ1) is 14.3. The van der Waals surface area contributed by atoms with Gasteiger partial charge in [-0.3, -0.25) is 10.1 Å². The number of amides is 1. The zero-order valence-electron chi connectivity index (χ0n) is 12.3. The molecule has 3 rings (SSSR count). The molecule has 3 N–H and O–H groups in total. The van der Waals surface area contributed by atoms with Crippen LogP contribution in [0.4, 0.5) is 0 Å². The van der Waals surface area contributed by atoms with E-state index < -0.39 is 0 Å². The van der Waals surface area contributed by atoms with Crippen LogP contribution in [-0.2, 0) is 23.2 Å². The molecule has 2 aromatic rings. The third kappa shape index (κ3) is 3.01. The van der Waals surface area contributed by atoms with Crippen molar-refractivity contribution in [3.63, 3.8) is 0 Å². The van der Waals surface area contributed by atoms with Crippen molar-refractivity contribution >= 4 is 17.2 Å². The molecule has 3 heterocycles. The maximum Gasteiger partial charge on any atom is 0.237 e. The maximum absolute atomic E-state index is 12.3. The Morgan fingerprint density at radius 3 is 3.19 bits per heavy atom. The zero-order valence-corrected chi connectivity index (χ0v) is 13.1. The number of rotatable bonds is 4. The van der Waals surface area contributed by atoms with Crippen molar-refractivity contribution in [2.24, 2.45) is 0 Å². The van der Waals surface area contributed by atoms with Gasteiger partial charge in [0.05, 0.1) is 23.8 Å². The van der Waals surface area contributed by atoms with E-state index in [4.69, 9.17) is 0 Å². The molecule has 0 saturated carbocycles. The molecule has 1 atom stereocenters. The van der Waals surface area contributed by atoms with Crippen LogP contribution in [0.25, 0.3) is 0 Å². The predicted octanol–water partition coefficient (Wildman–Crippen LogP) is 1.58. The molecule has 1 aliphatic rings. The van der Waals surface area contributed by atoms with Crippen LogP contribution in [0, 0.1) is 0 Å². The van der Waals surface area contributed by atoms with Crippen LogP contribution in [0.15, 0.2) is 23.8 Å². The average Bonchev–Trinajstić information content (AvgIpc) is 3.14. The summed E-state index contributed by atoms with van der Waals surface area (Å²) in [5.74, 6) is 0.0493. The summed E-state index contributed by atoms with van der Waals surface area (Å²) in [6.45, 7) is 5.61. The Morgan fingerprint density at radius 2 is 2.43 bits per heavy atom. The van der Waals surface area contributed by atoms with Crippen molar-refractivity contribution in [3.8, 4) is 0 Å². The van der Waals surface area contributed by atoms with Crippen molar-refractivity contribution < 1.29 is 4.79 Å². The van der Waals surface area contributed by atoms with E-state index in [1.165, 1.54) is 4.88 Å². The first-order valence-electron chi connectivity index (χ1n) is 7.12. The van der Waals surface area contributed by atoms with Crippen molar-refractivity contribution in [3.05, 3.63) is 40.1 Å².